The lowest BCUT2D eigenvalue weighted by Gasteiger charge is -2.35. The van der Waals surface area contributed by atoms with Gasteiger partial charge in [-0.1, -0.05) is 26.7 Å². The van der Waals surface area contributed by atoms with Gasteiger partial charge in [-0.3, -0.25) is 0 Å². The van der Waals surface area contributed by atoms with E-state index in [9.17, 15) is 5.11 Å². The molecule has 0 heterocycles. The molecule has 16 heavy (non-hydrogen) atoms. The van der Waals surface area contributed by atoms with Crippen molar-refractivity contribution in [3.8, 4) is 0 Å². The molecule has 98 valence electrons. The van der Waals surface area contributed by atoms with Crippen molar-refractivity contribution >= 4 is 0 Å². The van der Waals surface area contributed by atoms with Gasteiger partial charge in [0.15, 0.2) is 0 Å². The van der Waals surface area contributed by atoms with Gasteiger partial charge in [0, 0.05) is 6.42 Å². The average Bonchev–Trinajstić information content (AvgIpc) is 2.07. The number of rotatable bonds is 8. The zero-order valence-electron chi connectivity index (χ0n) is 12.2. The lowest BCUT2D eigenvalue weighted by molar-refractivity contribution is -0.897. The quantitative estimate of drug-likeness (QED) is 0.502. The van der Waals surface area contributed by atoms with Gasteiger partial charge in [0.25, 0.3) is 0 Å². The molecule has 0 spiro atoms. The Labute approximate surface area is 102 Å². The Bertz CT molecular complexity index is 170. The molecule has 0 rings (SSSR count). The van der Waals surface area contributed by atoms with Gasteiger partial charge in [0.1, 0.15) is 0 Å². The SMILES string of the molecule is CC(C)CCCCC(CC(C)O)[N+](C)(C)C. The maximum absolute atomic E-state index is 9.52. The molecule has 0 saturated heterocycles. The van der Waals surface area contributed by atoms with E-state index in [1.807, 2.05) is 6.92 Å². The van der Waals surface area contributed by atoms with Crippen molar-refractivity contribution < 1.29 is 9.59 Å². The second kappa shape index (κ2) is 7.29. The molecule has 0 fully saturated rings. The molecular weight excluding hydrogens is 198 g/mol. The summed E-state index contributed by atoms with van der Waals surface area (Å²) >= 11 is 0. The van der Waals surface area contributed by atoms with Gasteiger partial charge in [-0.25, -0.2) is 0 Å². The fraction of sp³-hybridized carbons (Fsp3) is 1.00. The Morgan fingerprint density at radius 3 is 1.81 bits per heavy atom. The van der Waals surface area contributed by atoms with E-state index >= 15 is 0 Å². The topological polar surface area (TPSA) is 20.2 Å². The first-order chi connectivity index (χ1) is 7.23. The minimum atomic E-state index is -0.174. The Morgan fingerprint density at radius 2 is 1.44 bits per heavy atom. The third kappa shape index (κ3) is 8.12. The fourth-order valence-electron chi connectivity index (χ4n) is 2.15. The van der Waals surface area contributed by atoms with Gasteiger partial charge < -0.3 is 9.59 Å². The predicted molar refractivity (Wildman–Crippen MR) is 71.4 cm³/mol. The van der Waals surface area contributed by atoms with Gasteiger partial charge in [0.05, 0.1) is 33.3 Å². The minimum absolute atomic E-state index is 0.174. The monoisotopic (exact) mass is 230 g/mol. The molecule has 0 amide bonds. The smallest absolute Gasteiger partial charge is 0.0909 e. The van der Waals surface area contributed by atoms with Crippen molar-refractivity contribution in [2.75, 3.05) is 21.1 Å². The number of aliphatic hydroxyl groups is 1. The fourth-order valence-corrected chi connectivity index (χ4v) is 2.15. The van der Waals surface area contributed by atoms with E-state index < -0.39 is 0 Å². The highest BCUT2D eigenvalue weighted by molar-refractivity contribution is 4.63. The number of hydrogen-bond donors (Lipinski definition) is 1. The maximum Gasteiger partial charge on any atom is 0.0909 e. The Hall–Kier alpha value is -0.0800. The molecule has 0 bridgehead atoms. The number of unbranched alkanes of at least 4 members (excludes halogenated alkanes) is 1. The van der Waals surface area contributed by atoms with Crippen LogP contribution in [0.5, 0.6) is 0 Å². The van der Waals surface area contributed by atoms with E-state index in [0.717, 1.165) is 16.8 Å². The lowest BCUT2D eigenvalue weighted by Crippen LogP contribution is -2.46. The maximum atomic E-state index is 9.52. The van der Waals surface area contributed by atoms with Crippen LogP contribution >= 0.6 is 0 Å². The summed E-state index contributed by atoms with van der Waals surface area (Å²) in [5.74, 6) is 0.819. The van der Waals surface area contributed by atoms with Crippen molar-refractivity contribution in [3.05, 3.63) is 0 Å². The summed E-state index contributed by atoms with van der Waals surface area (Å²) in [7, 11) is 6.69. The Balaban J connectivity index is 3.94. The molecule has 2 unspecified atom stereocenters. The second-order valence-corrected chi connectivity index (χ2v) is 6.53. The molecule has 0 aliphatic carbocycles. The standard InChI is InChI=1S/C14H32NO/c1-12(2)9-7-8-10-14(11-13(3)16)15(4,5)6/h12-14,16H,7-11H2,1-6H3/q+1. The van der Waals surface area contributed by atoms with Gasteiger partial charge in [-0.2, -0.15) is 0 Å². The summed E-state index contributed by atoms with van der Waals surface area (Å²) < 4.78 is 0.965. The molecule has 0 aliphatic rings. The second-order valence-electron chi connectivity index (χ2n) is 6.53. The van der Waals surface area contributed by atoms with Crippen LogP contribution in [0, 0.1) is 5.92 Å². The van der Waals surface area contributed by atoms with E-state index in [-0.39, 0.29) is 6.10 Å². The minimum Gasteiger partial charge on any atom is -0.393 e. The third-order valence-electron chi connectivity index (χ3n) is 3.28. The zero-order valence-corrected chi connectivity index (χ0v) is 12.2. The lowest BCUT2D eigenvalue weighted by atomic mass is 9.98. The molecule has 0 radical (unpaired) electrons. The van der Waals surface area contributed by atoms with E-state index in [1.54, 1.807) is 0 Å². The van der Waals surface area contributed by atoms with E-state index in [4.69, 9.17) is 0 Å². The number of hydrogen-bond acceptors (Lipinski definition) is 1. The largest absolute Gasteiger partial charge is 0.393 e. The molecule has 0 aromatic rings. The normalized spacial score (nSPS) is 16.5. The summed E-state index contributed by atoms with van der Waals surface area (Å²) in [4.78, 5) is 0. The highest BCUT2D eigenvalue weighted by Crippen LogP contribution is 2.18. The predicted octanol–water partition coefficient (Wildman–Crippen LogP) is 3.05. The summed E-state index contributed by atoms with van der Waals surface area (Å²) in [6.45, 7) is 6.47. The van der Waals surface area contributed by atoms with E-state index in [0.29, 0.717) is 6.04 Å². The Morgan fingerprint density at radius 1 is 0.938 bits per heavy atom. The van der Waals surface area contributed by atoms with Crippen molar-refractivity contribution in [1.82, 2.24) is 0 Å². The number of nitrogens with zero attached hydrogens (tertiary/aromatic N) is 1. The first-order valence-electron chi connectivity index (χ1n) is 6.72. The molecule has 2 atom stereocenters. The number of aliphatic hydroxyl groups excluding tert-OH is 1. The first-order valence-corrected chi connectivity index (χ1v) is 6.72. The molecule has 0 aromatic carbocycles. The van der Waals surface area contributed by atoms with Crippen LogP contribution in [0.3, 0.4) is 0 Å². The van der Waals surface area contributed by atoms with Crippen molar-refractivity contribution in [2.24, 2.45) is 5.92 Å². The molecule has 0 aliphatic heterocycles. The van der Waals surface area contributed by atoms with Gasteiger partial charge >= 0.3 is 0 Å². The number of quaternary nitrogens is 1. The van der Waals surface area contributed by atoms with Gasteiger partial charge in [0.2, 0.25) is 0 Å². The summed E-state index contributed by atoms with van der Waals surface area (Å²) in [6, 6.07) is 0.590. The first kappa shape index (κ1) is 15.9. The third-order valence-corrected chi connectivity index (χ3v) is 3.28. The van der Waals surface area contributed by atoms with Crippen LogP contribution in [-0.4, -0.2) is 42.9 Å². The summed E-state index contributed by atoms with van der Waals surface area (Å²) in [5, 5.41) is 9.52. The molecule has 0 saturated carbocycles. The van der Waals surface area contributed by atoms with Crippen LogP contribution in [0.1, 0.15) is 52.9 Å². The van der Waals surface area contributed by atoms with Crippen LogP contribution in [0.15, 0.2) is 0 Å². The van der Waals surface area contributed by atoms with E-state index in [2.05, 4.69) is 35.0 Å². The summed E-state index contributed by atoms with van der Waals surface area (Å²) in [5.41, 5.74) is 0. The molecule has 2 nitrogen and oxygen atoms in total. The Kier molecular flexibility index (Phi) is 7.25. The molecule has 1 N–H and O–H groups in total. The van der Waals surface area contributed by atoms with Crippen LogP contribution in [0.25, 0.3) is 0 Å². The van der Waals surface area contributed by atoms with E-state index in [1.165, 1.54) is 25.7 Å². The van der Waals surface area contributed by atoms with Crippen LogP contribution in [0.4, 0.5) is 0 Å². The van der Waals surface area contributed by atoms with Crippen LogP contribution < -0.4 is 0 Å². The average molecular weight is 230 g/mol. The highest BCUT2D eigenvalue weighted by Gasteiger charge is 2.24. The van der Waals surface area contributed by atoms with Gasteiger partial charge in [-0.05, 0) is 25.7 Å². The van der Waals surface area contributed by atoms with Crippen molar-refractivity contribution in [3.63, 3.8) is 0 Å². The summed E-state index contributed by atoms with van der Waals surface area (Å²) in [6.07, 6.45) is 5.94. The van der Waals surface area contributed by atoms with Crippen LogP contribution in [-0.2, 0) is 0 Å². The molecule has 2 heteroatoms. The molecule has 0 aromatic heterocycles. The van der Waals surface area contributed by atoms with Gasteiger partial charge in [-0.15, -0.1) is 0 Å². The highest BCUT2D eigenvalue weighted by atomic mass is 16.3. The zero-order chi connectivity index (χ0) is 12.8. The van der Waals surface area contributed by atoms with Crippen LogP contribution in [0.2, 0.25) is 0 Å². The van der Waals surface area contributed by atoms with Crippen molar-refractivity contribution in [2.45, 2.75) is 65.0 Å². The molecular formula is C14H32NO+. The van der Waals surface area contributed by atoms with Crippen molar-refractivity contribution in [1.29, 1.82) is 0 Å².